The van der Waals surface area contributed by atoms with Crippen LogP contribution >= 0.6 is 11.9 Å². The molecule has 26 heavy (non-hydrogen) atoms. The van der Waals surface area contributed by atoms with Crippen molar-refractivity contribution >= 4 is 18.0 Å². The smallest absolute Gasteiger partial charge is 0.410 e. The molecule has 2 N–H and O–H groups in total. The van der Waals surface area contributed by atoms with Gasteiger partial charge in [-0.2, -0.15) is 5.10 Å². The van der Waals surface area contributed by atoms with E-state index in [0.29, 0.717) is 5.92 Å². The Bertz CT molecular complexity index is 566. The SMILES string of the molecule is CC.CC(C)(C)OC(=O)N1CC(CCCn2ccc(SN)n2)CC1(C)C. The van der Waals surface area contributed by atoms with Crippen LogP contribution in [0.4, 0.5) is 4.79 Å². The predicted molar refractivity (Wildman–Crippen MR) is 108 cm³/mol. The highest BCUT2D eigenvalue weighted by molar-refractivity contribution is 7.97. The summed E-state index contributed by atoms with van der Waals surface area (Å²) in [5, 5.41) is 10.7. The van der Waals surface area contributed by atoms with Gasteiger partial charge in [0.15, 0.2) is 0 Å². The number of rotatable bonds is 5. The van der Waals surface area contributed by atoms with Crippen LogP contribution in [0.3, 0.4) is 0 Å². The molecule has 1 aliphatic heterocycles. The van der Waals surface area contributed by atoms with Crippen molar-refractivity contribution in [2.75, 3.05) is 6.54 Å². The van der Waals surface area contributed by atoms with E-state index in [2.05, 4.69) is 18.9 Å². The normalized spacial score (nSPS) is 19.1. The van der Waals surface area contributed by atoms with Crippen molar-refractivity contribution in [3.63, 3.8) is 0 Å². The fraction of sp³-hybridized carbons (Fsp3) is 0.789. The number of amides is 1. The van der Waals surface area contributed by atoms with Crippen LogP contribution in [-0.2, 0) is 11.3 Å². The molecule has 1 unspecified atom stereocenters. The number of hydrogen-bond acceptors (Lipinski definition) is 5. The standard InChI is InChI=1S/C17H30N4O2S.C2H6/c1-16(2,3)23-15(22)21-12-13(11-17(21,4)5)7-6-9-20-10-8-14(19-20)24-18;1-2/h8,10,13H,6-7,9,11-12,18H2,1-5H3;1-2H3. The van der Waals surface area contributed by atoms with Gasteiger partial charge in [0.1, 0.15) is 10.6 Å². The molecule has 1 aliphatic rings. The van der Waals surface area contributed by atoms with Crippen LogP contribution in [0.1, 0.15) is 67.7 Å². The molecular weight excluding hydrogens is 348 g/mol. The van der Waals surface area contributed by atoms with E-state index in [4.69, 9.17) is 9.88 Å². The van der Waals surface area contributed by atoms with Crippen molar-refractivity contribution in [1.29, 1.82) is 0 Å². The second kappa shape index (κ2) is 9.65. The van der Waals surface area contributed by atoms with Crippen molar-refractivity contribution in [3.05, 3.63) is 12.3 Å². The third-order valence-electron chi connectivity index (χ3n) is 4.31. The number of carbonyl (C=O) groups is 1. The highest BCUT2D eigenvalue weighted by Gasteiger charge is 2.42. The first-order valence-corrected chi connectivity index (χ1v) is 10.4. The van der Waals surface area contributed by atoms with Crippen molar-refractivity contribution in [2.45, 2.75) is 90.4 Å². The average Bonchev–Trinajstić information content (AvgIpc) is 3.11. The molecule has 1 atom stereocenters. The van der Waals surface area contributed by atoms with Crippen LogP contribution in [0.2, 0.25) is 0 Å². The Kier molecular flexibility index (Phi) is 8.47. The molecule has 0 radical (unpaired) electrons. The van der Waals surface area contributed by atoms with Gasteiger partial charge in [-0.25, -0.2) is 4.79 Å². The quantitative estimate of drug-likeness (QED) is 0.746. The Morgan fingerprint density at radius 3 is 2.62 bits per heavy atom. The van der Waals surface area contributed by atoms with E-state index < -0.39 is 5.60 Å². The van der Waals surface area contributed by atoms with E-state index in [-0.39, 0.29) is 11.6 Å². The molecule has 150 valence electrons. The molecule has 0 spiro atoms. The molecular formula is C19H36N4O2S. The minimum atomic E-state index is -0.454. The molecule has 6 nitrogen and oxygen atoms in total. The highest BCUT2D eigenvalue weighted by Crippen LogP contribution is 2.36. The number of nitrogens with zero attached hydrogens (tertiary/aromatic N) is 3. The Balaban J connectivity index is 0.00000163. The van der Waals surface area contributed by atoms with Crippen molar-refractivity contribution in [2.24, 2.45) is 11.1 Å². The number of hydrogen-bond donors (Lipinski definition) is 1. The Labute approximate surface area is 163 Å². The number of likely N-dealkylation sites (tertiary alicyclic amines) is 1. The zero-order chi connectivity index (χ0) is 20.0. The van der Waals surface area contributed by atoms with E-state index in [1.54, 1.807) is 0 Å². The third-order valence-corrected chi connectivity index (χ3v) is 4.77. The number of nitrogens with two attached hydrogens (primary N) is 1. The number of aromatic nitrogens is 2. The van der Waals surface area contributed by atoms with Gasteiger partial charge in [-0.1, -0.05) is 13.8 Å². The maximum absolute atomic E-state index is 12.4. The first kappa shape index (κ1) is 22.8. The van der Waals surface area contributed by atoms with Gasteiger partial charge < -0.3 is 9.64 Å². The van der Waals surface area contributed by atoms with E-state index in [0.717, 1.165) is 37.4 Å². The molecule has 0 aromatic carbocycles. The lowest BCUT2D eigenvalue weighted by Crippen LogP contribution is -2.45. The zero-order valence-electron chi connectivity index (χ0n) is 17.4. The molecule has 1 aromatic heterocycles. The third kappa shape index (κ3) is 6.83. The molecule has 7 heteroatoms. The Hall–Kier alpha value is -1.21. The summed E-state index contributed by atoms with van der Waals surface area (Å²) in [6.07, 6.45) is 4.88. The van der Waals surface area contributed by atoms with E-state index in [1.165, 1.54) is 11.9 Å². The minimum Gasteiger partial charge on any atom is -0.444 e. The second-order valence-electron chi connectivity index (χ2n) is 8.15. The molecule has 1 amide bonds. The van der Waals surface area contributed by atoms with Crippen LogP contribution in [0.5, 0.6) is 0 Å². The summed E-state index contributed by atoms with van der Waals surface area (Å²) in [5.74, 6) is 0.506. The summed E-state index contributed by atoms with van der Waals surface area (Å²) in [6, 6.07) is 1.92. The number of aryl methyl sites for hydroxylation is 1. The van der Waals surface area contributed by atoms with Crippen molar-refractivity contribution in [3.8, 4) is 0 Å². The summed E-state index contributed by atoms with van der Waals surface area (Å²) in [6.45, 7) is 15.6. The number of carbonyl (C=O) groups excluding carboxylic acids is 1. The van der Waals surface area contributed by atoms with Crippen LogP contribution in [0.15, 0.2) is 17.3 Å². The summed E-state index contributed by atoms with van der Waals surface area (Å²) in [4.78, 5) is 14.3. The van der Waals surface area contributed by atoms with Gasteiger partial charge >= 0.3 is 6.09 Å². The van der Waals surface area contributed by atoms with Crippen LogP contribution in [-0.4, -0.2) is 38.5 Å². The van der Waals surface area contributed by atoms with Gasteiger partial charge in [0.25, 0.3) is 0 Å². The molecule has 2 heterocycles. The first-order chi connectivity index (χ1) is 12.1. The average molecular weight is 385 g/mol. The summed E-state index contributed by atoms with van der Waals surface area (Å²) >= 11 is 1.17. The zero-order valence-corrected chi connectivity index (χ0v) is 18.2. The topological polar surface area (TPSA) is 73.4 Å². The Morgan fingerprint density at radius 1 is 1.42 bits per heavy atom. The van der Waals surface area contributed by atoms with Crippen molar-refractivity contribution in [1.82, 2.24) is 14.7 Å². The summed E-state index contributed by atoms with van der Waals surface area (Å²) in [7, 11) is 0. The van der Waals surface area contributed by atoms with Gasteiger partial charge in [-0.05, 0) is 77.8 Å². The lowest BCUT2D eigenvalue weighted by atomic mass is 9.93. The van der Waals surface area contributed by atoms with E-state index >= 15 is 0 Å². The van der Waals surface area contributed by atoms with Gasteiger partial charge in [0.05, 0.1) is 0 Å². The largest absolute Gasteiger partial charge is 0.444 e. The van der Waals surface area contributed by atoms with Gasteiger partial charge in [0.2, 0.25) is 0 Å². The molecule has 2 rings (SSSR count). The van der Waals surface area contributed by atoms with Crippen LogP contribution < -0.4 is 5.14 Å². The van der Waals surface area contributed by atoms with Crippen molar-refractivity contribution < 1.29 is 9.53 Å². The fourth-order valence-corrected chi connectivity index (χ4v) is 3.58. The molecule has 0 aliphatic carbocycles. The molecule has 1 fully saturated rings. The predicted octanol–water partition coefficient (Wildman–Crippen LogP) is 4.69. The first-order valence-electron chi connectivity index (χ1n) is 9.51. The van der Waals surface area contributed by atoms with Gasteiger partial charge in [-0.3, -0.25) is 9.82 Å². The maximum atomic E-state index is 12.4. The second-order valence-corrected chi connectivity index (χ2v) is 8.80. The molecule has 1 aromatic rings. The minimum absolute atomic E-state index is 0.151. The molecule has 0 bridgehead atoms. The maximum Gasteiger partial charge on any atom is 0.410 e. The lowest BCUT2D eigenvalue weighted by Gasteiger charge is -2.33. The van der Waals surface area contributed by atoms with Crippen LogP contribution in [0, 0.1) is 5.92 Å². The van der Waals surface area contributed by atoms with E-state index in [1.807, 2.05) is 56.5 Å². The van der Waals surface area contributed by atoms with Gasteiger partial charge in [-0.15, -0.1) is 0 Å². The Morgan fingerprint density at radius 2 is 2.08 bits per heavy atom. The van der Waals surface area contributed by atoms with Gasteiger partial charge in [0, 0.05) is 24.8 Å². The number of ether oxygens (including phenoxy) is 1. The summed E-state index contributed by atoms with van der Waals surface area (Å²) in [5.41, 5.74) is -0.605. The fourth-order valence-electron chi connectivity index (χ4n) is 3.29. The molecule has 1 saturated heterocycles. The summed E-state index contributed by atoms with van der Waals surface area (Å²) < 4.78 is 7.48. The van der Waals surface area contributed by atoms with Crippen LogP contribution in [0.25, 0.3) is 0 Å². The molecule has 0 saturated carbocycles. The van der Waals surface area contributed by atoms with E-state index in [9.17, 15) is 4.79 Å². The monoisotopic (exact) mass is 384 g/mol. The highest BCUT2D eigenvalue weighted by atomic mass is 32.2. The lowest BCUT2D eigenvalue weighted by molar-refractivity contribution is 0.0131.